The zero-order chi connectivity index (χ0) is 7.56. The second kappa shape index (κ2) is 2.92. The highest BCUT2D eigenvalue weighted by Gasteiger charge is 2.00. The second-order valence-corrected chi connectivity index (χ2v) is 2.87. The predicted octanol–water partition coefficient (Wildman–Crippen LogP) is 2.26. The number of nitrogens with one attached hydrogen (secondary N) is 1. The Bertz CT molecular complexity index is 264. The molecule has 0 spiro atoms. The summed E-state index contributed by atoms with van der Waals surface area (Å²) in [6, 6.07) is 0. The van der Waals surface area contributed by atoms with Crippen molar-refractivity contribution in [1.82, 2.24) is 9.97 Å². The molecular formula is C7H10N2S. The fourth-order valence-corrected chi connectivity index (χ4v) is 1.13. The van der Waals surface area contributed by atoms with E-state index in [0.717, 1.165) is 10.3 Å². The summed E-state index contributed by atoms with van der Waals surface area (Å²) in [4.78, 5) is 7.08. The lowest BCUT2D eigenvalue weighted by molar-refractivity contribution is 0.806. The average molecular weight is 154 g/mol. The molecule has 0 aliphatic heterocycles. The maximum absolute atomic E-state index is 5.01. The van der Waals surface area contributed by atoms with Crippen LogP contribution in [0.25, 0.3) is 0 Å². The molecule has 2 nitrogen and oxygen atoms in total. The fourth-order valence-electron chi connectivity index (χ4n) is 0.774. The van der Waals surface area contributed by atoms with Gasteiger partial charge in [0.1, 0.15) is 4.64 Å². The van der Waals surface area contributed by atoms with Gasteiger partial charge >= 0.3 is 0 Å². The fraction of sp³-hybridized carbons (Fsp3) is 0.429. The molecule has 1 aromatic heterocycles. The minimum absolute atomic E-state index is 0.407. The molecule has 0 fully saturated rings. The molecule has 1 aromatic rings. The second-order valence-electron chi connectivity index (χ2n) is 2.46. The number of hydrogen-bond acceptors (Lipinski definition) is 2. The lowest BCUT2D eigenvalue weighted by atomic mass is 10.1. The van der Waals surface area contributed by atoms with Crippen LogP contribution in [0.15, 0.2) is 12.4 Å². The van der Waals surface area contributed by atoms with Gasteiger partial charge in [0, 0.05) is 12.4 Å². The molecule has 1 heterocycles. The molecule has 0 saturated heterocycles. The van der Waals surface area contributed by atoms with Crippen LogP contribution >= 0.6 is 12.2 Å². The van der Waals surface area contributed by atoms with Crippen LogP contribution in [-0.2, 0) is 0 Å². The Kier molecular flexibility index (Phi) is 2.17. The smallest absolute Gasteiger partial charge is 0.125 e. The van der Waals surface area contributed by atoms with Crippen molar-refractivity contribution in [2.45, 2.75) is 19.8 Å². The number of nitrogens with zero attached hydrogens (tertiary/aromatic N) is 1. The zero-order valence-electron chi connectivity index (χ0n) is 6.09. The summed E-state index contributed by atoms with van der Waals surface area (Å²) in [5, 5.41) is 0. The molecular weight excluding hydrogens is 144 g/mol. The van der Waals surface area contributed by atoms with Crippen molar-refractivity contribution in [3.05, 3.63) is 22.7 Å². The van der Waals surface area contributed by atoms with Crippen molar-refractivity contribution < 1.29 is 0 Å². The SMILES string of the molecule is CC(C)c1ncc[nH]c1=S. The Morgan fingerprint density at radius 1 is 1.60 bits per heavy atom. The van der Waals surface area contributed by atoms with Crippen molar-refractivity contribution >= 4 is 12.2 Å². The third kappa shape index (κ3) is 1.42. The first-order valence-electron chi connectivity index (χ1n) is 3.25. The summed E-state index contributed by atoms with van der Waals surface area (Å²) in [5.74, 6) is 0.407. The summed E-state index contributed by atoms with van der Waals surface area (Å²) >= 11 is 5.01. The molecule has 1 N–H and O–H groups in total. The minimum Gasteiger partial charge on any atom is -0.350 e. The normalized spacial score (nSPS) is 10.3. The van der Waals surface area contributed by atoms with E-state index >= 15 is 0 Å². The number of rotatable bonds is 1. The van der Waals surface area contributed by atoms with E-state index in [1.807, 2.05) is 0 Å². The number of aromatic amines is 1. The van der Waals surface area contributed by atoms with Crippen LogP contribution in [0.5, 0.6) is 0 Å². The van der Waals surface area contributed by atoms with Gasteiger partial charge in [-0.15, -0.1) is 0 Å². The van der Waals surface area contributed by atoms with Crippen molar-refractivity contribution in [1.29, 1.82) is 0 Å². The number of H-pyrrole nitrogens is 1. The third-order valence-electron chi connectivity index (χ3n) is 1.28. The van der Waals surface area contributed by atoms with Crippen LogP contribution in [0.2, 0.25) is 0 Å². The van der Waals surface area contributed by atoms with Crippen LogP contribution in [-0.4, -0.2) is 9.97 Å². The van der Waals surface area contributed by atoms with Crippen LogP contribution in [0.4, 0.5) is 0 Å². The van der Waals surface area contributed by atoms with E-state index in [2.05, 4.69) is 23.8 Å². The molecule has 0 aliphatic rings. The Balaban J connectivity index is 3.16. The van der Waals surface area contributed by atoms with Crippen LogP contribution < -0.4 is 0 Å². The highest BCUT2D eigenvalue weighted by Crippen LogP contribution is 2.09. The number of hydrogen-bond donors (Lipinski definition) is 1. The van der Waals surface area contributed by atoms with Crippen molar-refractivity contribution in [2.75, 3.05) is 0 Å². The van der Waals surface area contributed by atoms with E-state index in [4.69, 9.17) is 12.2 Å². The van der Waals surface area contributed by atoms with E-state index in [0.29, 0.717) is 5.92 Å². The van der Waals surface area contributed by atoms with Gasteiger partial charge in [0.15, 0.2) is 0 Å². The Labute approximate surface area is 65.3 Å². The van der Waals surface area contributed by atoms with Crippen molar-refractivity contribution in [2.24, 2.45) is 0 Å². The van der Waals surface area contributed by atoms with E-state index in [9.17, 15) is 0 Å². The van der Waals surface area contributed by atoms with Crippen LogP contribution in [0.1, 0.15) is 25.5 Å². The quantitative estimate of drug-likeness (QED) is 0.628. The molecule has 0 bridgehead atoms. The van der Waals surface area contributed by atoms with Gasteiger partial charge in [0.2, 0.25) is 0 Å². The maximum atomic E-state index is 5.01. The molecule has 10 heavy (non-hydrogen) atoms. The molecule has 54 valence electrons. The van der Waals surface area contributed by atoms with Crippen molar-refractivity contribution in [3.8, 4) is 0 Å². The van der Waals surface area contributed by atoms with Gasteiger partial charge in [-0.1, -0.05) is 26.1 Å². The Morgan fingerprint density at radius 3 is 2.70 bits per heavy atom. The maximum Gasteiger partial charge on any atom is 0.125 e. The highest BCUT2D eigenvalue weighted by atomic mass is 32.1. The minimum atomic E-state index is 0.407. The first kappa shape index (κ1) is 7.41. The summed E-state index contributed by atoms with van der Waals surface area (Å²) in [6.45, 7) is 4.15. The molecule has 0 aromatic carbocycles. The predicted molar refractivity (Wildman–Crippen MR) is 43.5 cm³/mol. The van der Waals surface area contributed by atoms with Gasteiger partial charge in [-0.2, -0.15) is 0 Å². The van der Waals surface area contributed by atoms with E-state index in [1.54, 1.807) is 12.4 Å². The average Bonchev–Trinajstić information content (AvgIpc) is 1.88. The molecule has 0 amide bonds. The summed E-state index contributed by atoms with van der Waals surface area (Å²) in [5.41, 5.74) is 0.970. The van der Waals surface area contributed by atoms with Gasteiger partial charge in [0.05, 0.1) is 5.69 Å². The molecule has 0 aliphatic carbocycles. The lowest BCUT2D eigenvalue weighted by Crippen LogP contribution is -1.93. The van der Waals surface area contributed by atoms with E-state index in [-0.39, 0.29) is 0 Å². The van der Waals surface area contributed by atoms with Gasteiger partial charge in [-0.05, 0) is 5.92 Å². The topological polar surface area (TPSA) is 28.7 Å². The molecule has 3 heteroatoms. The Morgan fingerprint density at radius 2 is 2.30 bits per heavy atom. The lowest BCUT2D eigenvalue weighted by Gasteiger charge is -2.01. The molecule has 0 saturated carbocycles. The largest absolute Gasteiger partial charge is 0.350 e. The molecule has 1 rings (SSSR count). The monoisotopic (exact) mass is 154 g/mol. The summed E-state index contributed by atoms with van der Waals surface area (Å²) < 4.78 is 0.748. The van der Waals surface area contributed by atoms with Crippen LogP contribution in [0, 0.1) is 4.64 Å². The van der Waals surface area contributed by atoms with E-state index < -0.39 is 0 Å². The van der Waals surface area contributed by atoms with Gasteiger partial charge in [-0.3, -0.25) is 4.98 Å². The highest BCUT2D eigenvalue weighted by molar-refractivity contribution is 7.71. The molecule has 0 unspecified atom stereocenters. The first-order chi connectivity index (χ1) is 4.72. The van der Waals surface area contributed by atoms with Gasteiger partial charge in [-0.25, -0.2) is 0 Å². The molecule has 0 radical (unpaired) electrons. The van der Waals surface area contributed by atoms with Crippen LogP contribution in [0.3, 0.4) is 0 Å². The van der Waals surface area contributed by atoms with Gasteiger partial charge in [0.25, 0.3) is 0 Å². The summed E-state index contributed by atoms with van der Waals surface area (Å²) in [6.07, 6.45) is 3.47. The Hall–Kier alpha value is -0.700. The third-order valence-corrected chi connectivity index (χ3v) is 1.61. The number of aromatic nitrogens is 2. The van der Waals surface area contributed by atoms with Crippen molar-refractivity contribution in [3.63, 3.8) is 0 Å². The summed E-state index contributed by atoms with van der Waals surface area (Å²) in [7, 11) is 0. The van der Waals surface area contributed by atoms with Gasteiger partial charge < -0.3 is 4.98 Å². The zero-order valence-corrected chi connectivity index (χ0v) is 6.90. The first-order valence-corrected chi connectivity index (χ1v) is 3.66. The molecule has 0 atom stereocenters. The van der Waals surface area contributed by atoms with E-state index in [1.165, 1.54) is 0 Å². The standard InChI is InChI=1S/C7H10N2S/c1-5(2)6-7(10)9-4-3-8-6/h3-5H,1-2H3,(H,9,10).